The summed E-state index contributed by atoms with van der Waals surface area (Å²) in [4.78, 5) is 4.79. The molecule has 0 amide bonds. The van der Waals surface area contributed by atoms with Gasteiger partial charge in [0.2, 0.25) is 0 Å². The minimum Gasteiger partial charge on any atom is -0.390 e. The third-order valence-corrected chi connectivity index (χ3v) is 3.67. The van der Waals surface area contributed by atoms with Crippen LogP contribution in [0, 0.1) is 0 Å². The van der Waals surface area contributed by atoms with Crippen LogP contribution in [0.2, 0.25) is 0 Å². The van der Waals surface area contributed by atoms with Gasteiger partial charge in [0.25, 0.3) is 0 Å². The highest BCUT2D eigenvalue weighted by molar-refractivity contribution is 4.84. The number of likely N-dealkylation sites (N-methyl/N-ethyl adjacent to an activating group) is 1. The molecule has 3 atom stereocenters. The van der Waals surface area contributed by atoms with Crippen LogP contribution in [0.3, 0.4) is 0 Å². The molecule has 0 spiro atoms. The van der Waals surface area contributed by atoms with Crippen LogP contribution < -0.4 is 5.32 Å². The highest BCUT2D eigenvalue weighted by Gasteiger charge is 2.27. The zero-order chi connectivity index (χ0) is 13.0. The van der Waals surface area contributed by atoms with Gasteiger partial charge in [-0.3, -0.25) is 9.80 Å². The van der Waals surface area contributed by atoms with Crippen LogP contribution in [0.15, 0.2) is 0 Å². The van der Waals surface area contributed by atoms with Gasteiger partial charge in [0.1, 0.15) is 0 Å². The Balaban J connectivity index is 2.31. The van der Waals surface area contributed by atoms with Crippen molar-refractivity contribution in [1.29, 1.82) is 0 Å². The van der Waals surface area contributed by atoms with Crippen LogP contribution in [0.25, 0.3) is 0 Å². The summed E-state index contributed by atoms with van der Waals surface area (Å²) < 4.78 is 0. The molecular weight excluding hydrogens is 214 g/mol. The lowest BCUT2D eigenvalue weighted by atomic mass is 10.1. The molecule has 1 fully saturated rings. The highest BCUT2D eigenvalue weighted by Crippen LogP contribution is 2.13. The van der Waals surface area contributed by atoms with Gasteiger partial charge in [-0.1, -0.05) is 13.8 Å². The van der Waals surface area contributed by atoms with Gasteiger partial charge in [0, 0.05) is 44.3 Å². The van der Waals surface area contributed by atoms with Gasteiger partial charge in [0.15, 0.2) is 0 Å². The van der Waals surface area contributed by atoms with Gasteiger partial charge < -0.3 is 10.4 Å². The van der Waals surface area contributed by atoms with Gasteiger partial charge >= 0.3 is 0 Å². The molecule has 1 heterocycles. The molecule has 1 aliphatic heterocycles. The highest BCUT2D eigenvalue weighted by atomic mass is 16.3. The molecule has 1 rings (SSSR count). The maximum atomic E-state index is 9.97. The van der Waals surface area contributed by atoms with E-state index in [4.69, 9.17) is 0 Å². The number of hydrogen-bond donors (Lipinski definition) is 2. The molecule has 102 valence electrons. The molecule has 0 saturated carbocycles. The Morgan fingerprint density at radius 2 is 1.76 bits per heavy atom. The second kappa shape index (κ2) is 6.69. The third-order valence-electron chi connectivity index (χ3n) is 3.67. The lowest BCUT2D eigenvalue weighted by Gasteiger charge is -2.43. The van der Waals surface area contributed by atoms with Crippen molar-refractivity contribution in [2.75, 3.05) is 33.2 Å². The van der Waals surface area contributed by atoms with Crippen molar-refractivity contribution in [3.8, 4) is 0 Å². The number of aliphatic hydroxyl groups excluding tert-OH is 1. The lowest BCUT2D eigenvalue weighted by molar-refractivity contribution is 0.0283. The maximum absolute atomic E-state index is 9.97. The second-order valence-electron chi connectivity index (χ2n) is 5.80. The quantitative estimate of drug-likeness (QED) is 0.732. The molecule has 0 aromatic carbocycles. The first kappa shape index (κ1) is 14.9. The fourth-order valence-electron chi connectivity index (χ4n) is 2.40. The predicted molar refractivity (Wildman–Crippen MR) is 72.3 cm³/mol. The minimum absolute atomic E-state index is 0.264. The summed E-state index contributed by atoms with van der Waals surface area (Å²) in [6.45, 7) is 12.3. The molecule has 0 radical (unpaired) electrons. The zero-order valence-electron chi connectivity index (χ0n) is 12.0. The van der Waals surface area contributed by atoms with Gasteiger partial charge in [0.05, 0.1) is 6.10 Å². The molecule has 2 N–H and O–H groups in total. The van der Waals surface area contributed by atoms with E-state index in [0.29, 0.717) is 24.7 Å². The summed E-state index contributed by atoms with van der Waals surface area (Å²) in [5, 5.41) is 13.2. The Labute approximate surface area is 106 Å². The summed E-state index contributed by atoms with van der Waals surface area (Å²) in [5.41, 5.74) is 0. The monoisotopic (exact) mass is 243 g/mol. The fourth-order valence-corrected chi connectivity index (χ4v) is 2.40. The van der Waals surface area contributed by atoms with Crippen molar-refractivity contribution < 1.29 is 5.11 Å². The topological polar surface area (TPSA) is 38.7 Å². The Morgan fingerprint density at radius 3 is 2.24 bits per heavy atom. The number of aliphatic hydroxyl groups is 1. The van der Waals surface area contributed by atoms with E-state index in [9.17, 15) is 5.11 Å². The SMILES string of the molecule is CC(C)NCC(O)CN1CC(C)N(C)C(C)C1. The van der Waals surface area contributed by atoms with E-state index < -0.39 is 0 Å². The first-order valence-electron chi connectivity index (χ1n) is 6.76. The predicted octanol–water partition coefficient (Wildman–Crippen LogP) is 0.370. The first-order chi connectivity index (χ1) is 7.90. The Bertz CT molecular complexity index is 211. The van der Waals surface area contributed by atoms with E-state index in [1.807, 2.05) is 0 Å². The standard InChI is InChI=1S/C13H29N3O/c1-10(2)14-6-13(17)9-16-7-11(3)15(5)12(4)8-16/h10-14,17H,6-9H2,1-5H3. The molecule has 3 unspecified atom stereocenters. The molecule has 4 nitrogen and oxygen atoms in total. The number of rotatable bonds is 5. The molecule has 0 aromatic rings. The summed E-state index contributed by atoms with van der Waals surface area (Å²) in [7, 11) is 2.18. The van der Waals surface area contributed by atoms with Crippen molar-refractivity contribution >= 4 is 0 Å². The summed E-state index contributed by atoms with van der Waals surface area (Å²) in [6, 6.07) is 1.59. The van der Waals surface area contributed by atoms with E-state index in [1.165, 1.54) is 0 Å². The first-order valence-corrected chi connectivity index (χ1v) is 6.76. The van der Waals surface area contributed by atoms with E-state index in [1.54, 1.807) is 0 Å². The maximum Gasteiger partial charge on any atom is 0.0791 e. The Kier molecular flexibility index (Phi) is 5.86. The van der Waals surface area contributed by atoms with Crippen LogP contribution in [-0.2, 0) is 0 Å². The Morgan fingerprint density at radius 1 is 1.24 bits per heavy atom. The number of piperazine rings is 1. The Hall–Kier alpha value is -0.160. The van der Waals surface area contributed by atoms with Gasteiger partial charge in [-0.05, 0) is 20.9 Å². The summed E-state index contributed by atoms with van der Waals surface area (Å²) in [5.74, 6) is 0. The van der Waals surface area contributed by atoms with Crippen molar-refractivity contribution in [3.63, 3.8) is 0 Å². The molecular formula is C13H29N3O. The van der Waals surface area contributed by atoms with Crippen LogP contribution in [0.1, 0.15) is 27.7 Å². The molecule has 1 saturated heterocycles. The summed E-state index contributed by atoms with van der Waals surface area (Å²) in [6.07, 6.45) is -0.264. The van der Waals surface area contributed by atoms with Crippen molar-refractivity contribution in [3.05, 3.63) is 0 Å². The average Bonchev–Trinajstić information content (AvgIpc) is 2.23. The largest absolute Gasteiger partial charge is 0.390 e. The summed E-state index contributed by atoms with van der Waals surface area (Å²) >= 11 is 0. The van der Waals surface area contributed by atoms with E-state index in [-0.39, 0.29) is 6.10 Å². The zero-order valence-corrected chi connectivity index (χ0v) is 12.0. The van der Waals surface area contributed by atoms with Gasteiger partial charge in [-0.15, -0.1) is 0 Å². The van der Waals surface area contributed by atoms with E-state index >= 15 is 0 Å². The van der Waals surface area contributed by atoms with Gasteiger partial charge in [-0.2, -0.15) is 0 Å². The minimum atomic E-state index is -0.264. The van der Waals surface area contributed by atoms with Crippen molar-refractivity contribution in [2.45, 2.75) is 51.9 Å². The fraction of sp³-hybridized carbons (Fsp3) is 1.00. The number of hydrogen-bond acceptors (Lipinski definition) is 4. The second-order valence-corrected chi connectivity index (χ2v) is 5.80. The van der Waals surface area contributed by atoms with E-state index in [0.717, 1.165) is 19.6 Å². The average molecular weight is 243 g/mol. The molecule has 0 bridgehead atoms. The van der Waals surface area contributed by atoms with Crippen LogP contribution in [-0.4, -0.2) is 72.4 Å². The molecule has 4 heteroatoms. The normalized spacial score (nSPS) is 29.8. The molecule has 17 heavy (non-hydrogen) atoms. The number of nitrogens with zero attached hydrogens (tertiary/aromatic N) is 2. The lowest BCUT2D eigenvalue weighted by Crippen LogP contribution is -2.56. The van der Waals surface area contributed by atoms with Crippen molar-refractivity contribution in [2.24, 2.45) is 0 Å². The third kappa shape index (κ3) is 4.92. The van der Waals surface area contributed by atoms with Gasteiger partial charge in [-0.25, -0.2) is 0 Å². The van der Waals surface area contributed by atoms with Crippen LogP contribution >= 0.6 is 0 Å². The number of nitrogens with one attached hydrogen (secondary N) is 1. The smallest absolute Gasteiger partial charge is 0.0791 e. The molecule has 0 aromatic heterocycles. The van der Waals surface area contributed by atoms with Crippen LogP contribution in [0.5, 0.6) is 0 Å². The molecule has 0 aliphatic carbocycles. The number of β-amino-alcohol motifs (C(OH)–C–C–N with tert-alkyl or cyclic N) is 1. The van der Waals surface area contributed by atoms with Crippen LogP contribution in [0.4, 0.5) is 0 Å². The molecule has 1 aliphatic rings. The van der Waals surface area contributed by atoms with Crippen molar-refractivity contribution in [1.82, 2.24) is 15.1 Å². The van der Waals surface area contributed by atoms with E-state index in [2.05, 4.69) is 49.9 Å².